The molecule has 0 aromatic heterocycles. The van der Waals surface area contributed by atoms with E-state index in [4.69, 9.17) is 5.26 Å². The molecule has 1 N–H and O–H groups in total. The summed E-state index contributed by atoms with van der Waals surface area (Å²) in [6.07, 6.45) is -1.77. The highest BCUT2D eigenvalue weighted by molar-refractivity contribution is 6.04. The maximum Gasteiger partial charge on any atom is 0.270 e. The Morgan fingerprint density at radius 1 is 0.923 bits per heavy atom. The monoisotopic (exact) mass is 348 g/mol. The van der Waals surface area contributed by atoms with Gasteiger partial charge in [-0.1, -0.05) is 0 Å². The van der Waals surface area contributed by atoms with Crippen LogP contribution in [0.25, 0.3) is 16.7 Å². The number of fused-ring (bicyclic) bond motifs is 3. The van der Waals surface area contributed by atoms with Crippen LogP contribution in [0.15, 0.2) is 42.0 Å². The molecule has 9 nitrogen and oxygen atoms in total. The van der Waals surface area contributed by atoms with Gasteiger partial charge in [-0.2, -0.15) is 10.5 Å². The highest BCUT2D eigenvalue weighted by atomic mass is 16.6. The zero-order valence-electron chi connectivity index (χ0n) is 12.9. The fourth-order valence-electron chi connectivity index (χ4n) is 2.93. The number of nitrogens with zero attached hydrogens (tertiary/aromatic N) is 4. The second kappa shape index (κ2) is 6.09. The molecule has 0 aliphatic heterocycles. The van der Waals surface area contributed by atoms with E-state index in [0.717, 1.165) is 0 Å². The Kier molecular flexibility index (Phi) is 3.93. The molecule has 0 fully saturated rings. The van der Waals surface area contributed by atoms with E-state index in [0.29, 0.717) is 11.1 Å². The van der Waals surface area contributed by atoms with Crippen molar-refractivity contribution >= 4 is 16.9 Å². The molecule has 3 rings (SSSR count). The van der Waals surface area contributed by atoms with E-state index in [1.54, 1.807) is 6.07 Å². The number of nitro groups is 2. The van der Waals surface area contributed by atoms with Gasteiger partial charge in [0.2, 0.25) is 0 Å². The molecular formula is C17H8N4O5. The van der Waals surface area contributed by atoms with Crippen LogP contribution in [0.3, 0.4) is 0 Å². The largest absolute Gasteiger partial charge is 0.373 e. The number of benzene rings is 2. The number of aliphatic hydroxyl groups excluding tert-OH is 1. The van der Waals surface area contributed by atoms with Gasteiger partial charge in [-0.05, 0) is 34.4 Å². The molecule has 126 valence electrons. The molecule has 0 saturated heterocycles. The highest BCUT2D eigenvalue weighted by Gasteiger charge is 2.31. The van der Waals surface area contributed by atoms with Crippen molar-refractivity contribution < 1.29 is 15.0 Å². The van der Waals surface area contributed by atoms with Gasteiger partial charge in [-0.15, -0.1) is 0 Å². The van der Waals surface area contributed by atoms with Crippen molar-refractivity contribution in [2.75, 3.05) is 0 Å². The lowest BCUT2D eigenvalue weighted by Gasteiger charge is -2.08. The molecule has 0 saturated carbocycles. The fraction of sp³-hybridized carbons (Fsp3) is 0.0588. The molecule has 1 aliphatic carbocycles. The van der Waals surface area contributed by atoms with Gasteiger partial charge < -0.3 is 5.11 Å². The van der Waals surface area contributed by atoms with E-state index >= 15 is 0 Å². The van der Waals surface area contributed by atoms with Gasteiger partial charge in [0.15, 0.2) is 6.10 Å². The van der Waals surface area contributed by atoms with Crippen molar-refractivity contribution in [2.24, 2.45) is 0 Å². The predicted octanol–water partition coefficient (Wildman–Crippen LogP) is 2.69. The van der Waals surface area contributed by atoms with Crippen LogP contribution >= 0.6 is 0 Å². The van der Waals surface area contributed by atoms with E-state index in [9.17, 15) is 30.6 Å². The minimum atomic E-state index is -1.77. The lowest BCUT2D eigenvalue weighted by atomic mass is 9.95. The number of hydrogen-bond donors (Lipinski definition) is 1. The number of rotatable bonds is 3. The molecule has 0 amide bonds. The van der Waals surface area contributed by atoms with Crippen molar-refractivity contribution in [1.29, 1.82) is 10.5 Å². The third-order valence-corrected chi connectivity index (χ3v) is 4.04. The van der Waals surface area contributed by atoms with Gasteiger partial charge in [0.05, 0.1) is 27.6 Å². The Hall–Kier alpha value is -4.08. The van der Waals surface area contributed by atoms with Crippen LogP contribution in [0.1, 0.15) is 11.1 Å². The standard InChI is InChI=1S/C17H8N4O5/c18-7-15(16(22)8-19)17-13-5-9(20(23)24)1-3-11(13)12-4-2-10(21(25)26)6-14(12)17/h1-6,16,22H. The average Bonchev–Trinajstić information content (AvgIpc) is 2.95. The molecule has 0 bridgehead atoms. The molecule has 0 spiro atoms. The first-order chi connectivity index (χ1) is 12.4. The SMILES string of the molecule is N#CC(=C1c2cc([N+](=O)[O-])ccc2-c2ccc([N+](=O)[O-])cc21)C(O)C#N. The Bertz CT molecular complexity index is 1030. The predicted molar refractivity (Wildman–Crippen MR) is 88.4 cm³/mol. The van der Waals surface area contributed by atoms with Gasteiger partial charge in [-0.3, -0.25) is 20.2 Å². The van der Waals surface area contributed by atoms with Gasteiger partial charge in [-0.25, -0.2) is 0 Å². The van der Waals surface area contributed by atoms with Crippen molar-refractivity contribution in [3.63, 3.8) is 0 Å². The maximum absolute atomic E-state index is 11.1. The molecule has 9 heteroatoms. The zero-order valence-corrected chi connectivity index (χ0v) is 12.9. The Labute approximate surface area is 146 Å². The van der Waals surface area contributed by atoms with Gasteiger partial charge in [0.1, 0.15) is 0 Å². The summed E-state index contributed by atoms with van der Waals surface area (Å²) >= 11 is 0. The van der Waals surface area contributed by atoms with Crippen molar-refractivity contribution in [1.82, 2.24) is 0 Å². The van der Waals surface area contributed by atoms with E-state index < -0.39 is 16.0 Å². The van der Waals surface area contributed by atoms with E-state index in [1.165, 1.54) is 42.5 Å². The van der Waals surface area contributed by atoms with Crippen molar-refractivity contribution in [3.05, 3.63) is 73.3 Å². The summed E-state index contributed by atoms with van der Waals surface area (Å²) in [6, 6.07) is 11.2. The molecule has 1 unspecified atom stereocenters. The average molecular weight is 348 g/mol. The number of nitriles is 2. The molecule has 0 radical (unpaired) electrons. The highest BCUT2D eigenvalue weighted by Crippen LogP contribution is 2.48. The van der Waals surface area contributed by atoms with Crippen LogP contribution in [-0.4, -0.2) is 21.1 Å². The van der Waals surface area contributed by atoms with Gasteiger partial charge in [0.25, 0.3) is 11.4 Å². The number of aliphatic hydroxyl groups is 1. The van der Waals surface area contributed by atoms with Crippen LogP contribution < -0.4 is 0 Å². The van der Waals surface area contributed by atoms with Crippen LogP contribution in [0.2, 0.25) is 0 Å². The third kappa shape index (κ3) is 2.45. The molecule has 1 atom stereocenters. The van der Waals surface area contributed by atoms with E-state index in [-0.39, 0.29) is 33.6 Å². The van der Waals surface area contributed by atoms with Crippen molar-refractivity contribution in [2.45, 2.75) is 6.10 Å². The van der Waals surface area contributed by atoms with Crippen LogP contribution in [0, 0.1) is 42.9 Å². The molecule has 0 heterocycles. The van der Waals surface area contributed by atoms with E-state index in [1.807, 2.05) is 0 Å². The quantitative estimate of drug-likeness (QED) is 0.330. The summed E-state index contributed by atoms with van der Waals surface area (Å²) in [5.41, 5.74) is 0.843. The lowest BCUT2D eigenvalue weighted by Crippen LogP contribution is -2.08. The third-order valence-electron chi connectivity index (χ3n) is 4.04. The Morgan fingerprint density at radius 3 is 1.73 bits per heavy atom. The second-order valence-corrected chi connectivity index (χ2v) is 5.41. The Balaban J connectivity index is 2.42. The first kappa shape index (κ1) is 16.8. The second-order valence-electron chi connectivity index (χ2n) is 5.41. The van der Waals surface area contributed by atoms with Crippen LogP contribution in [-0.2, 0) is 0 Å². The summed E-state index contributed by atoms with van der Waals surface area (Å²) in [7, 11) is 0. The van der Waals surface area contributed by atoms with E-state index in [2.05, 4.69) is 0 Å². The summed E-state index contributed by atoms with van der Waals surface area (Å²) in [5.74, 6) is 0. The van der Waals surface area contributed by atoms with Crippen LogP contribution in [0.5, 0.6) is 0 Å². The topological polar surface area (TPSA) is 154 Å². The van der Waals surface area contributed by atoms with Gasteiger partial charge >= 0.3 is 0 Å². The summed E-state index contributed by atoms with van der Waals surface area (Å²) < 4.78 is 0. The smallest absolute Gasteiger partial charge is 0.270 e. The van der Waals surface area contributed by atoms with Crippen LogP contribution in [0.4, 0.5) is 11.4 Å². The first-order valence-electron chi connectivity index (χ1n) is 7.19. The fourth-order valence-corrected chi connectivity index (χ4v) is 2.93. The number of nitro benzene ring substituents is 2. The molecular weight excluding hydrogens is 340 g/mol. The normalized spacial score (nSPS) is 12.3. The molecule has 1 aliphatic rings. The minimum Gasteiger partial charge on any atom is -0.373 e. The summed E-state index contributed by atoms with van der Waals surface area (Å²) in [5, 5.41) is 50.4. The van der Waals surface area contributed by atoms with Gasteiger partial charge in [0, 0.05) is 29.8 Å². The number of hydrogen-bond acceptors (Lipinski definition) is 7. The van der Waals surface area contributed by atoms with Crippen molar-refractivity contribution in [3.8, 4) is 23.3 Å². The molecule has 2 aromatic rings. The zero-order chi connectivity index (χ0) is 19.0. The maximum atomic E-state index is 11.1. The molecule has 2 aromatic carbocycles. The summed E-state index contributed by atoms with van der Waals surface area (Å²) in [4.78, 5) is 20.9. The summed E-state index contributed by atoms with van der Waals surface area (Å²) in [6.45, 7) is 0. The lowest BCUT2D eigenvalue weighted by molar-refractivity contribution is -0.385. The molecule has 26 heavy (non-hydrogen) atoms. The minimum absolute atomic E-state index is 0.0824. The first-order valence-corrected chi connectivity index (χ1v) is 7.19. The Morgan fingerprint density at radius 2 is 1.38 bits per heavy atom. The number of non-ortho nitro benzene ring substituents is 2.